The van der Waals surface area contributed by atoms with Crippen LogP contribution in [0.1, 0.15) is 19.5 Å². The maximum Gasteiger partial charge on any atom is 1.00 e. The third-order valence-electron chi connectivity index (χ3n) is 4.54. The van der Waals surface area contributed by atoms with E-state index in [-0.39, 0.29) is 31.0 Å². The topological polar surface area (TPSA) is 125 Å². The summed E-state index contributed by atoms with van der Waals surface area (Å²) in [6, 6.07) is 12.6. The van der Waals surface area contributed by atoms with Gasteiger partial charge in [-0.2, -0.15) is 0 Å². The van der Waals surface area contributed by atoms with Gasteiger partial charge in [-0.3, -0.25) is 14.4 Å². The van der Waals surface area contributed by atoms with Crippen LogP contribution in [0.25, 0.3) is 0 Å². The number of aliphatic carboxylic acids is 1. The normalized spacial score (nSPS) is 16.0. The third kappa shape index (κ3) is 6.68. The van der Waals surface area contributed by atoms with Crippen molar-refractivity contribution in [2.75, 3.05) is 7.05 Å². The summed E-state index contributed by atoms with van der Waals surface area (Å²) >= 11 is 0. The quantitative estimate of drug-likeness (QED) is 0.382. The fourth-order valence-corrected chi connectivity index (χ4v) is 2.99. The van der Waals surface area contributed by atoms with Crippen molar-refractivity contribution < 1.29 is 60.0 Å². The van der Waals surface area contributed by atoms with Gasteiger partial charge in [0.05, 0.1) is 12.5 Å². The molecule has 1 aliphatic heterocycles. The molecule has 2 aromatic carbocycles. The average Bonchev–Trinajstić information content (AvgIpc) is 2.74. The Kier molecular flexibility index (Phi) is 9.01. The minimum atomic E-state index is -1.37. The summed E-state index contributed by atoms with van der Waals surface area (Å²) in [6.07, 6.45) is 2.09. The standard InChI is InChI=1S/C22H21N3O6.Na.H/c1-25-11-10-18(26)20(21(25)29)24-22(30)23-17(13-19(27)28)14-6-5-9-16(12-14)31-15-7-3-2-4-8-15;;/h2-12,17,20H,13H2,1H3,(H,27,28)(H2,23,24,30);;/q;+1;-1. The van der Waals surface area contributed by atoms with Crippen molar-refractivity contribution in [2.45, 2.75) is 18.5 Å². The molecule has 2 atom stereocenters. The number of benzene rings is 2. The van der Waals surface area contributed by atoms with Gasteiger partial charge in [0.15, 0.2) is 11.8 Å². The summed E-state index contributed by atoms with van der Waals surface area (Å²) in [5.41, 5.74) is 0.490. The van der Waals surface area contributed by atoms with Gasteiger partial charge in [-0.25, -0.2) is 4.79 Å². The van der Waals surface area contributed by atoms with Gasteiger partial charge in [0.2, 0.25) is 0 Å². The second kappa shape index (κ2) is 11.5. The van der Waals surface area contributed by atoms with Crippen molar-refractivity contribution in [1.29, 1.82) is 0 Å². The largest absolute Gasteiger partial charge is 1.00 e. The van der Waals surface area contributed by atoms with Gasteiger partial charge < -0.3 is 26.8 Å². The number of ether oxygens (including phenoxy) is 1. The van der Waals surface area contributed by atoms with E-state index in [2.05, 4.69) is 10.6 Å². The van der Waals surface area contributed by atoms with Crippen LogP contribution in [0.15, 0.2) is 66.9 Å². The monoisotopic (exact) mass is 447 g/mol. The van der Waals surface area contributed by atoms with Crippen LogP contribution in [0.3, 0.4) is 0 Å². The molecule has 0 saturated carbocycles. The summed E-state index contributed by atoms with van der Waals surface area (Å²) in [7, 11) is 1.46. The van der Waals surface area contributed by atoms with E-state index in [4.69, 9.17) is 4.74 Å². The maximum absolute atomic E-state index is 12.5. The van der Waals surface area contributed by atoms with Crippen LogP contribution < -0.4 is 44.9 Å². The van der Waals surface area contributed by atoms with Crippen LogP contribution in [-0.4, -0.2) is 46.8 Å². The maximum atomic E-state index is 12.5. The van der Waals surface area contributed by atoms with E-state index in [1.807, 2.05) is 18.2 Å². The number of carboxylic acid groups (broad SMARTS) is 1. The molecule has 1 aliphatic rings. The average molecular weight is 447 g/mol. The Labute approximate surface area is 208 Å². The van der Waals surface area contributed by atoms with E-state index in [1.54, 1.807) is 36.4 Å². The van der Waals surface area contributed by atoms with Crippen LogP contribution in [0.5, 0.6) is 11.5 Å². The second-order valence-electron chi connectivity index (χ2n) is 6.86. The summed E-state index contributed by atoms with van der Waals surface area (Å²) in [5.74, 6) is -1.22. The van der Waals surface area contributed by atoms with Crippen LogP contribution in [-0.2, 0) is 14.4 Å². The molecule has 1 heterocycles. The number of hydrogen-bond acceptors (Lipinski definition) is 5. The number of rotatable bonds is 7. The van der Waals surface area contributed by atoms with Crippen molar-refractivity contribution in [3.63, 3.8) is 0 Å². The predicted molar refractivity (Wildman–Crippen MR) is 111 cm³/mol. The molecule has 10 heteroatoms. The van der Waals surface area contributed by atoms with E-state index < -0.39 is 42.2 Å². The van der Waals surface area contributed by atoms with Gasteiger partial charge >= 0.3 is 41.6 Å². The van der Waals surface area contributed by atoms with Crippen LogP contribution in [0.4, 0.5) is 4.79 Å². The molecular weight excluding hydrogens is 425 g/mol. The van der Waals surface area contributed by atoms with Gasteiger partial charge in [-0.15, -0.1) is 0 Å². The second-order valence-corrected chi connectivity index (χ2v) is 6.86. The van der Waals surface area contributed by atoms with Gasteiger partial charge in [0.25, 0.3) is 5.91 Å². The molecule has 0 spiro atoms. The van der Waals surface area contributed by atoms with Crippen molar-refractivity contribution in [3.8, 4) is 11.5 Å². The zero-order valence-corrected chi connectivity index (χ0v) is 19.6. The Morgan fingerprint density at radius 2 is 1.81 bits per heavy atom. The Morgan fingerprint density at radius 1 is 1.12 bits per heavy atom. The molecule has 2 unspecified atom stereocenters. The van der Waals surface area contributed by atoms with Crippen LogP contribution >= 0.6 is 0 Å². The first-order chi connectivity index (χ1) is 14.8. The molecule has 0 aromatic heterocycles. The number of amides is 3. The first-order valence-electron chi connectivity index (χ1n) is 9.44. The smallest absolute Gasteiger partial charge is 1.00 e. The fourth-order valence-electron chi connectivity index (χ4n) is 2.99. The number of carboxylic acids is 1. The Morgan fingerprint density at radius 3 is 2.50 bits per heavy atom. The Balaban J connectivity index is 0.00000272. The van der Waals surface area contributed by atoms with E-state index in [0.717, 1.165) is 0 Å². The number of ketones is 1. The van der Waals surface area contributed by atoms with Crippen molar-refractivity contribution in [1.82, 2.24) is 15.5 Å². The minimum Gasteiger partial charge on any atom is -1.00 e. The summed E-state index contributed by atoms with van der Waals surface area (Å²) in [4.78, 5) is 49.1. The van der Waals surface area contributed by atoms with Gasteiger partial charge in [-0.1, -0.05) is 30.3 Å². The molecule has 162 valence electrons. The van der Waals surface area contributed by atoms with Crippen molar-refractivity contribution in [2.24, 2.45) is 0 Å². The minimum absolute atomic E-state index is 0. The molecule has 0 saturated heterocycles. The Hall–Kier alpha value is -3.14. The van der Waals surface area contributed by atoms with Crippen molar-refractivity contribution >= 4 is 23.7 Å². The molecule has 3 amide bonds. The number of para-hydroxylation sites is 1. The number of carbonyl (C=O) groups excluding carboxylic acids is 3. The van der Waals surface area contributed by atoms with Crippen molar-refractivity contribution in [3.05, 3.63) is 72.4 Å². The van der Waals surface area contributed by atoms with E-state index in [1.165, 1.54) is 24.2 Å². The van der Waals surface area contributed by atoms with E-state index in [0.29, 0.717) is 17.1 Å². The molecule has 0 aliphatic carbocycles. The SMILES string of the molecule is CN1C=CC(=O)C(NC(=O)NC(CC(=O)O)c2cccc(Oc3ccccc3)c2)C1=O.[H-].[Na+]. The number of nitrogens with zero attached hydrogens (tertiary/aromatic N) is 1. The molecule has 0 bridgehead atoms. The molecule has 0 fully saturated rings. The van der Waals surface area contributed by atoms with E-state index >= 15 is 0 Å². The number of hydrogen-bond donors (Lipinski definition) is 3. The number of likely N-dealkylation sites (N-methyl/N-ethyl adjacent to an activating group) is 1. The molecular formula is C22H22N3NaO6. The predicted octanol–water partition coefficient (Wildman–Crippen LogP) is -0.666. The van der Waals surface area contributed by atoms with Gasteiger partial charge in [0, 0.05) is 19.3 Å². The summed E-state index contributed by atoms with van der Waals surface area (Å²) in [5, 5.41) is 14.1. The number of carbonyl (C=O) groups is 4. The number of nitrogens with one attached hydrogen (secondary N) is 2. The fraction of sp³-hybridized carbons (Fsp3) is 0.182. The zero-order chi connectivity index (χ0) is 22.4. The van der Waals surface area contributed by atoms with Gasteiger partial charge in [-0.05, 0) is 29.8 Å². The molecule has 2 aromatic rings. The van der Waals surface area contributed by atoms with Crippen LogP contribution in [0.2, 0.25) is 0 Å². The molecule has 0 radical (unpaired) electrons. The third-order valence-corrected chi connectivity index (χ3v) is 4.54. The first-order valence-corrected chi connectivity index (χ1v) is 9.44. The molecule has 32 heavy (non-hydrogen) atoms. The summed E-state index contributed by atoms with van der Waals surface area (Å²) < 4.78 is 5.76. The first kappa shape index (κ1) is 25.1. The number of urea groups is 1. The zero-order valence-electron chi connectivity index (χ0n) is 18.6. The molecule has 9 nitrogen and oxygen atoms in total. The summed E-state index contributed by atoms with van der Waals surface area (Å²) in [6.45, 7) is 0. The van der Waals surface area contributed by atoms with Gasteiger partial charge in [0.1, 0.15) is 11.5 Å². The molecule has 3 N–H and O–H groups in total. The Bertz CT molecular complexity index is 1030. The van der Waals surface area contributed by atoms with E-state index in [9.17, 15) is 24.3 Å². The van der Waals surface area contributed by atoms with Crippen LogP contribution in [0, 0.1) is 0 Å². The molecule has 3 rings (SSSR count).